The third kappa shape index (κ3) is 4.42. The van der Waals surface area contributed by atoms with Crippen LogP contribution in [0.2, 0.25) is 5.02 Å². The number of anilines is 1. The fraction of sp³-hybridized carbons (Fsp3) is 0.471. The Hall–Kier alpha value is -2.28. The number of hydrogen-bond donors (Lipinski definition) is 3. The first-order valence-corrected chi connectivity index (χ1v) is 8.94. The summed E-state index contributed by atoms with van der Waals surface area (Å²) in [5, 5.41) is 14.5. The fourth-order valence-electron chi connectivity index (χ4n) is 2.89. The first kappa shape index (κ1) is 17.5. The Morgan fingerprint density at radius 2 is 2.40 bits per heavy atom. The van der Waals surface area contributed by atoms with Crippen LogP contribution in [0.15, 0.2) is 29.5 Å². The van der Waals surface area contributed by atoms with Crippen molar-refractivity contribution in [1.82, 2.24) is 25.8 Å². The molecule has 25 heavy (non-hydrogen) atoms. The number of aliphatic imine (C=N–C) groups is 1. The van der Waals surface area contributed by atoms with E-state index in [9.17, 15) is 0 Å². The van der Waals surface area contributed by atoms with E-state index in [0.717, 1.165) is 49.1 Å². The molecular weight excluding hydrogens is 338 g/mol. The van der Waals surface area contributed by atoms with Gasteiger partial charge in [-0.15, -0.1) is 0 Å². The predicted molar refractivity (Wildman–Crippen MR) is 101 cm³/mol. The summed E-state index contributed by atoms with van der Waals surface area (Å²) in [5.41, 5.74) is 2.15. The highest BCUT2D eigenvalue weighted by molar-refractivity contribution is 6.32. The van der Waals surface area contributed by atoms with E-state index in [-0.39, 0.29) is 0 Å². The van der Waals surface area contributed by atoms with Gasteiger partial charge >= 0.3 is 0 Å². The SMILES string of the molecule is CCNC(=NCc1cn[nH]c1C)NC1CCN(c2ncccc2Cl)C1. The molecule has 0 saturated carbocycles. The van der Waals surface area contributed by atoms with Crippen molar-refractivity contribution in [2.24, 2.45) is 4.99 Å². The Labute approximate surface area is 152 Å². The van der Waals surface area contributed by atoms with Crippen LogP contribution in [0.1, 0.15) is 24.6 Å². The van der Waals surface area contributed by atoms with Crippen LogP contribution < -0.4 is 15.5 Å². The fourth-order valence-corrected chi connectivity index (χ4v) is 3.13. The van der Waals surface area contributed by atoms with Crippen LogP contribution in [0.5, 0.6) is 0 Å². The highest BCUT2D eigenvalue weighted by atomic mass is 35.5. The van der Waals surface area contributed by atoms with Gasteiger partial charge < -0.3 is 15.5 Å². The molecule has 2 aromatic heterocycles. The molecule has 3 N–H and O–H groups in total. The minimum absolute atomic E-state index is 0.307. The zero-order valence-corrected chi connectivity index (χ0v) is 15.3. The van der Waals surface area contributed by atoms with E-state index in [2.05, 4.69) is 42.6 Å². The van der Waals surface area contributed by atoms with Crippen molar-refractivity contribution in [3.8, 4) is 0 Å². The summed E-state index contributed by atoms with van der Waals surface area (Å²) in [6.07, 6.45) is 4.62. The molecular formula is C17H24ClN7. The number of pyridine rings is 1. The Morgan fingerprint density at radius 3 is 3.12 bits per heavy atom. The van der Waals surface area contributed by atoms with Gasteiger partial charge in [-0.3, -0.25) is 5.10 Å². The van der Waals surface area contributed by atoms with Gasteiger partial charge in [-0.25, -0.2) is 9.98 Å². The highest BCUT2D eigenvalue weighted by Crippen LogP contribution is 2.25. The molecule has 3 rings (SSSR count). The van der Waals surface area contributed by atoms with Crippen molar-refractivity contribution in [1.29, 1.82) is 0 Å². The van der Waals surface area contributed by atoms with Crippen molar-refractivity contribution in [2.45, 2.75) is 32.9 Å². The number of nitrogens with zero attached hydrogens (tertiary/aromatic N) is 4. The number of aromatic amines is 1. The van der Waals surface area contributed by atoms with Crippen LogP contribution in [-0.4, -0.2) is 46.8 Å². The standard InChI is InChI=1S/C17H24ClN7/c1-3-19-17(21-9-13-10-22-24-12(13)2)23-14-6-8-25(11-14)16-15(18)5-4-7-20-16/h4-5,7,10,14H,3,6,8-9,11H2,1-2H3,(H,22,24)(H2,19,21,23). The van der Waals surface area contributed by atoms with Gasteiger partial charge in [0.15, 0.2) is 5.96 Å². The van der Waals surface area contributed by atoms with Gasteiger partial charge in [0, 0.05) is 43.1 Å². The molecule has 1 aliphatic heterocycles. The van der Waals surface area contributed by atoms with E-state index in [1.165, 1.54) is 0 Å². The van der Waals surface area contributed by atoms with Gasteiger partial charge in [-0.2, -0.15) is 5.10 Å². The number of nitrogens with one attached hydrogen (secondary N) is 3. The Kier molecular flexibility index (Phi) is 5.75. The molecule has 0 radical (unpaired) electrons. The number of guanidine groups is 1. The third-order valence-corrected chi connectivity index (χ3v) is 4.55. The van der Waals surface area contributed by atoms with E-state index >= 15 is 0 Å². The number of aromatic nitrogens is 3. The third-order valence-electron chi connectivity index (χ3n) is 4.25. The molecule has 0 aliphatic carbocycles. The second kappa shape index (κ2) is 8.20. The molecule has 0 amide bonds. The van der Waals surface area contributed by atoms with Gasteiger partial charge in [0.05, 0.1) is 17.8 Å². The van der Waals surface area contributed by atoms with Crippen LogP contribution in [0.3, 0.4) is 0 Å². The van der Waals surface area contributed by atoms with Gasteiger partial charge in [-0.05, 0) is 32.4 Å². The maximum absolute atomic E-state index is 6.26. The predicted octanol–water partition coefficient (Wildman–Crippen LogP) is 2.10. The summed E-state index contributed by atoms with van der Waals surface area (Å²) in [6.45, 7) is 7.26. The molecule has 1 unspecified atom stereocenters. The lowest BCUT2D eigenvalue weighted by molar-refractivity contribution is 0.648. The summed E-state index contributed by atoms with van der Waals surface area (Å²) in [7, 11) is 0. The molecule has 1 saturated heterocycles. The van der Waals surface area contributed by atoms with E-state index < -0.39 is 0 Å². The second-order valence-corrected chi connectivity index (χ2v) is 6.51. The lowest BCUT2D eigenvalue weighted by atomic mass is 10.2. The molecule has 0 bridgehead atoms. The van der Waals surface area contributed by atoms with Crippen LogP contribution in [0.4, 0.5) is 5.82 Å². The number of rotatable bonds is 5. The van der Waals surface area contributed by atoms with Crippen molar-refractivity contribution < 1.29 is 0 Å². The van der Waals surface area contributed by atoms with Gasteiger partial charge in [0.25, 0.3) is 0 Å². The maximum atomic E-state index is 6.26. The van der Waals surface area contributed by atoms with Crippen molar-refractivity contribution in [3.05, 3.63) is 40.8 Å². The minimum Gasteiger partial charge on any atom is -0.357 e. The highest BCUT2D eigenvalue weighted by Gasteiger charge is 2.25. The summed E-state index contributed by atoms with van der Waals surface area (Å²) in [5.74, 6) is 1.67. The summed E-state index contributed by atoms with van der Waals surface area (Å²) >= 11 is 6.26. The normalized spacial score (nSPS) is 17.8. The van der Waals surface area contributed by atoms with Crippen molar-refractivity contribution in [3.63, 3.8) is 0 Å². The first-order valence-electron chi connectivity index (χ1n) is 8.56. The summed E-state index contributed by atoms with van der Waals surface area (Å²) < 4.78 is 0. The van der Waals surface area contributed by atoms with Crippen molar-refractivity contribution >= 4 is 23.4 Å². The quantitative estimate of drug-likeness (QED) is 0.561. The topological polar surface area (TPSA) is 81.2 Å². The Bertz CT molecular complexity index is 727. The van der Waals surface area contributed by atoms with Crippen LogP contribution in [0.25, 0.3) is 0 Å². The number of halogens is 1. The summed E-state index contributed by atoms with van der Waals surface area (Å²) in [6, 6.07) is 4.04. The van der Waals surface area contributed by atoms with E-state index in [1.54, 1.807) is 6.20 Å². The molecule has 134 valence electrons. The van der Waals surface area contributed by atoms with Gasteiger partial charge in [0.2, 0.25) is 0 Å². The lowest BCUT2D eigenvalue weighted by Gasteiger charge is -2.20. The second-order valence-electron chi connectivity index (χ2n) is 6.10. The van der Waals surface area contributed by atoms with E-state index in [4.69, 9.17) is 11.6 Å². The number of H-pyrrole nitrogens is 1. The first-order chi connectivity index (χ1) is 12.2. The number of aryl methyl sites for hydroxylation is 1. The van der Waals surface area contributed by atoms with E-state index in [1.807, 2.05) is 25.3 Å². The average Bonchev–Trinajstić information content (AvgIpc) is 3.22. The largest absolute Gasteiger partial charge is 0.357 e. The minimum atomic E-state index is 0.307. The van der Waals surface area contributed by atoms with Crippen LogP contribution in [-0.2, 0) is 6.54 Å². The van der Waals surface area contributed by atoms with Crippen LogP contribution >= 0.6 is 11.6 Å². The van der Waals surface area contributed by atoms with Crippen LogP contribution in [0, 0.1) is 6.92 Å². The van der Waals surface area contributed by atoms with Gasteiger partial charge in [0.1, 0.15) is 5.82 Å². The maximum Gasteiger partial charge on any atom is 0.191 e. The molecule has 1 aliphatic rings. The molecule has 8 heteroatoms. The van der Waals surface area contributed by atoms with Crippen molar-refractivity contribution in [2.75, 3.05) is 24.5 Å². The smallest absolute Gasteiger partial charge is 0.191 e. The summed E-state index contributed by atoms with van der Waals surface area (Å²) in [4.78, 5) is 11.3. The molecule has 1 fully saturated rings. The lowest BCUT2D eigenvalue weighted by Crippen LogP contribution is -2.44. The molecule has 0 aromatic carbocycles. The molecule has 2 aromatic rings. The zero-order chi connectivity index (χ0) is 17.6. The zero-order valence-electron chi connectivity index (χ0n) is 14.6. The number of hydrogen-bond acceptors (Lipinski definition) is 4. The molecule has 7 nitrogen and oxygen atoms in total. The molecule has 0 spiro atoms. The monoisotopic (exact) mass is 361 g/mol. The molecule has 1 atom stereocenters. The Balaban J connectivity index is 1.61. The average molecular weight is 362 g/mol. The van der Waals surface area contributed by atoms with E-state index in [0.29, 0.717) is 17.6 Å². The van der Waals surface area contributed by atoms with Gasteiger partial charge in [-0.1, -0.05) is 11.6 Å². The Morgan fingerprint density at radius 1 is 1.52 bits per heavy atom. The molecule has 3 heterocycles.